The van der Waals surface area contributed by atoms with E-state index in [0.717, 1.165) is 37.0 Å². The minimum atomic E-state index is 0.0885. The summed E-state index contributed by atoms with van der Waals surface area (Å²) in [5.74, 6) is 1.07. The second-order valence-corrected chi connectivity index (χ2v) is 4.95. The lowest BCUT2D eigenvalue weighted by atomic mass is 9.81. The monoisotopic (exact) mass is 247 g/mol. The summed E-state index contributed by atoms with van der Waals surface area (Å²) in [4.78, 5) is 12.4. The molecule has 3 nitrogen and oxygen atoms in total. The fourth-order valence-corrected chi connectivity index (χ4v) is 2.61. The first kappa shape index (κ1) is 13.1. The number of nitrogens with two attached hydrogens (primary N) is 1. The summed E-state index contributed by atoms with van der Waals surface area (Å²) >= 11 is 0. The Morgan fingerprint density at radius 1 is 1.44 bits per heavy atom. The molecule has 1 fully saturated rings. The van der Waals surface area contributed by atoms with E-state index < -0.39 is 0 Å². The largest absolute Gasteiger partial charge is 0.494 e. The van der Waals surface area contributed by atoms with E-state index in [2.05, 4.69) is 0 Å². The molecule has 2 N–H and O–H groups in total. The van der Waals surface area contributed by atoms with Crippen molar-refractivity contribution in [3.05, 3.63) is 29.8 Å². The molecule has 1 saturated carbocycles. The smallest absolute Gasteiger partial charge is 0.166 e. The van der Waals surface area contributed by atoms with Gasteiger partial charge in [-0.1, -0.05) is 18.6 Å². The first-order valence-corrected chi connectivity index (χ1v) is 6.73. The predicted octanol–water partition coefficient (Wildman–Crippen LogP) is 2.79. The number of ketones is 1. The van der Waals surface area contributed by atoms with Gasteiger partial charge in [-0.15, -0.1) is 0 Å². The van der Waals surface area contributed by atoms with Crippen molar-refractivity contribution in [1.29, 1.82) is 0 Å². The van der Waals surface area contributed by atoms with Gasteiger partial charge in [-0.25, -0.2) is 0 Å². The number of carbonyl (C=O) groups excluding carboxylic acids is 1. The second kappa shape index (κ2) is 6.01. The van der Waals surface area contributed by atoms with Crippen molar-refractivity contribution in [2.45, 2.75) is 38.6 Å². The normalized spacial score (nSPS) is 23.7. The molecule has 0 saturated heterocycles. The van der Waals surface area contributed by atoms with E-state index in [4.69, 9.17) is 10.5 Å². The van der Waals surface area contributed by atoms with Crippen LogP contribution in [0, 0.1) is 5.92 Å². The van der Waals surface area contributed by atoms with Crippen LogP contribution < -0.4 is 10.5 Å². The molecule has 0 spiro atoms. The molecular weight excluding hydrogens is 226 g/mol. The average molecular weight is 247 g/mol. The van der Waals surface area contributed by atoms with Gasteiger partial charge in [0, 0.05) is 17.5 Å². The van der Waals surface area contributed by atoms with Gasteiger partial charge in [0.2, 0.25) is 0 Å². The molecule has 0 bridgehead atoms. The van der Waals surface area contributed by atoms with Gasteiger partial charge in [-0.2, -0.15) is 0 Å². The van der Waals surface area contributed by atoms with Crippen LogP contribution in [0.2, 0.25) is 0 Å². The van der Waals surface area contributed by atoms with Crippen molar-refractivity contribution in [2.24, 2.45) is 11.7 Å². The first-order chi connectivity index (χ1) is 8.70. The van der Waals surface area contributed by atoms with E-state index in [9.17, 15) is 4.79 Å². The summed E-state index contributed by atoms with van der Waals surface area (Å²) in [7, 11) is 0. The van der Waals surface area contributed by atoms with E-state index in [-0.39, 0.29) is 17.7 Å². The molecule has 3 heteroatoms. The Morgan fingerprint density at radius 3 is 3.00 bits per heavy atom. The van der Waals surface area contributed by atoms with E-state index in [0.29, 0.717) is 6.61 Å². The number of hydrogen-bond donors (Lipinski definition) is 1. The number of rotatable bonds is 4. The SMILES string of the molecule is CCOc1cccc(C(=O)C2CCCC(N)C2)c1. The number of hydrogen-bond acceptors (Lipinski definition) is 3. The summed E-state index contributed by atoms with van der Waals surface area (Å²) in [6, 6.07) is 7.65. The Kier molecular flexibility index (Phi) is 4.37. The van der Waals surface area contributed by atoms with Gasteiger partial charge in [-0.05, 0) is 38.3 Å². The molecular formula is C15H21NO2. The number of carbonyl (C=O) groups is 1. The highest BCUT2D eigenvalue weighted by molar-refractivity contribution is 5.98. The number of Topliss-reactive ketones (excluding diaryl/α,β-unsaturated/α-hetero) is 1. The summed E-state index contributed by atoms with van der Waals surface area (Å²) in [6.07, 6.45) is 3.88. The van der Waals surface area contributed by atoms with Crippen LogP contribution in [0.15, 0.2) is 24.3 Å². The molecule has 0 heterocycles. The van der Waals surface area contributed by atoms with Crippen molar-refractivity contribution in [3.8, 4) is 5.75 Å². The van der Waals surface area contributed by atoms with E-state index in [1.54, 1.807) is 0 Å². The molecule has 0 aromatic heterocycles. The van der Waals surface area contributed by atoms with Crippen LogP contribution >= 0.6 is 0 Å². The Morgan fingerprint density at radius 2 is 2.28 bits per heavy atom. The molecule has 1 aromatic rings. The number of ether oxygens (including phenoxy) is 1. The summed E-state index contributed by atoms with van der Waals surface area (Å²) in [5.41, 5.74) is 6.69. The Hall–Kier alpha value is -1.35. The van der Waals surface area contributed by atoms with Crippen LogP contribution in [0.3, 0.4) is 0 Å². The average Bonchev–Trinajstić information content (AvgIpc) is 2.39. The molecule has 1 aliphatic carbocycles. The molecule has 0 aliphatic heterocycles. The molecule has 0 amide bonds. The fraction of sp³-hybridized carbons (Fsp3) is 0.533. The van der Waals surface area contributed by atoms with Gasteiger partial charge >= 0.3 is 0 Å². The third kappa shape index (κ3) is 3.10. The molecule has 18 heavy (non-hydrogen) atoms. The van der Waals surface area contributed by atoms with Crippen LogP contribution in [0.4, 0.5) is 0 Å². The molecule has 1 aromatic carbocycles. The lowest BCUT2D eigenvalue weighted by Crippen LogP contribution is -2.31. The molecule has 2 atom stereocenters. The lowest BCUT2D eigenvalue weighted by molar-refractivity contribution is 0.0881. The summed E-state index contributed by atoms with van der Waals surface area (Å²) in [5, 5.41) is 0. The minimum absolute atomic E-state index is 0.0885. The van der Waals surface area contributed by atoms with E-state index in [1.807, 2.05) is 31.2 Å². The van der Waals surface area contributed by atoms with Gasteiger partial charge in [0.15, 0.2) is 5.78 Å². The Labute approximate surface area is 108 Å². The van der Waals surface area contributed by atoms with Crippen LogP contribution in [0.1, 0.15) is 43.0 Å². The highest BCUT2D eigenvalue weighted by atomic mass is 16.5. The van der Waals surface area contributed by atoms with Gasteiger partial charge in [-0.3, -0.25) is 4.79 Å². The zero-order valence-corrected chi connectivity index (χ0v) is 10.9. The lowest BCUT2D eigenvalue weighted by Gasteiger charge is -2.25. The van der Waals surface area contributed by atoms with Gasteiger partial charge in [0.25, 0.3) is 0 Å². The van der Waals surface area contributed by atoms with Crippen LogP contribution in [0.5, 0.6) is 5.75 Å². The molecule has 1 aliphatic rings. The zero-order chi connectivity index (χ0) is 13.0. The van der Waals surface area contributed by atoms with Crippen molar-refractivity contribution >= 4 is 5.78 Å². The minimum Gasteiger partial charge on any atom is -0.494 e. The Balaban J connectivity index is 2.10. The maximum atomic E-state index is 12.4. The topological polar surface area (TPSA) is 52.3 Å². The number of benzene rings is 1. The van der Waals surface area contributed by atoms with Gasteiger partial charge < -0.3 is 10.5 Å². The zero-order valence-electron chi connectivity index (χ0n) is 10.9. The van der Waals surface area contributed by atoms with Gasteiger partial charge in [0.1, 0.15) is 5.75 Å². The van der Waals surface area contributed by atoms with Crippen molar-refractivity contribution in [1.82, 2.24) is 0 Å². The van der Waals surface area contributed by atoms with Crippen LogP contribution in [-0.2, 0) is 0 Å². The highest BCUT2D eigenvalue weighted by Crippen LogP contribution is 2.27. The molecule has 2 rings (SSSR count). The molecule has 0 radical (unpaired) electrons. The fourth-order valence-electron chi connectivity index (χ4n) is 2.61. The van der Waals surface area contributed by atoms with Crippen LogP contribution in [-0.4, -0.2) is 18.4 Å². The van der Waals surface area contributed by atoms with Crippen molar-refractivity contribution in [2.75, 3.05) is 6.61 Å². The van der Waals surface area contributed by atoms with E-state index >= 15 is 0 Å². The summed E-state index contributed by atoms with van der Waals surface area (Å²) in [6.45, 7) is 2.56. The summed E-state index contributed by atoms with van der Waals surface area (Å²) < 4.78 is 5.43. The van der Waals surface area contributed by atoms with Gasteiger partial charge in [0.05, 0.1) is 6.61 Å². The van der Waals surface area contributed by atoms with Crippen molar-refractivity contribution < 1.29 is 9.53 Å². The highest BCUT2D eigenvalue weighted by Gasteiger charge is 2.26. The Bertz CT molecular complexity index is 417. The quantitative estimate of drug-likeness (QED) is 0.832. The van der Waals surface area contributed by atoms with E-state index in [1.165, 1.54) is 0 Å². The third-order valence-electron chi connectivity index (χ3n) is 3.52. The first-order valence-electron chi connectivity index (χ1n) is 6.73. The molecule has 98 valence electrons. The molecule has 2 unspecified atom stereocenters. The second-order valence-electron chi connectivity index (χ2n) is 4.95. The standard InChI is InChI=1S/C15H21NO2/c1-2-18-14-8-4-6-12(10-14)15(17)11-5-3-7-13(16)9-11/h4,6,8,10-11,13H,2-3,5,7,9,16H2,1H3. The van der Waals surface area contributed by atoms with Crippen molar-refractivity contribution in [3.63, 3.8) is 0 Å². The third-order valence-corrected chi connectivity index (χ3v) is 3.52. The maximum Gasteiger partial charge on any atom is 0.166 e. The maximum absolute atomic E-state index is 12.4. The van der Waals surface area contributed by atoms with Crippen LogP contribution in [0.25, 0.3) is 0 Å². The predicted molar refractivity (Wildman–Crippen MR) is 71.9 cm³/mol.